The van der Waals surface area contributed by atoms with Gasteiger partial charge in [-0.1, -0.05) is 42.0 Å². The summed E-state index contributed by atoms with van der Waals surface area (Å²) in [5.74, 6) is 0.00334. The summed E-state index contributed by atoms with van der Waals surface area (Å²) in [7, 11) is 0. The van der Waals surface area contributed by atoms with E-state index < -0.39 is 0 Å². The predicted octanol–water partition coefficient (Wildman–Crippen LogP) is 3.63. The third-order valence-electron chi connectivity index (χ3n) is 3.28. The Kier molecular flexibility index (Phi) is 5.11. The van der Waals surface area contributed by atoms with Crippen molar-refractivity contribution in [3.63, 3.8) is 0 Å². The zero-order valence-electron chi connectivity index (χ0n) is 12.1. The number of nitrogens with one attached hydrogen (secondary N) is 1. The molecule has 3 nitrogen and oxygen atoms in total. The van der Waals surface area contributed by atoms with Crippen LogP contribution in [0.5, 0.6) is 0 Å². The van der Waals surface area contributed by atoms with Gasteiger partial charge in [-0.3, -0.25) is 4.79 Å². The number of amides is 1. The van der Waals surface area contributed by atoms with E-state index in [2.05, 4.69) is 35.7 Å². The maximum Gasteiger partial charge on any atom is 0.224 e. The molecule has 0 spiro atoms. The van der Waals surface area contributed by atoms with E-state index in [1.54, 1.807) is 0 Å². The lowest BCUT2D eigenvalue weighted by molar-refractivity contribution is -0.116. The smallest absolute Gasteiger partial charge is 0.224 e. The molecule has 0 bridgehead atoms. The minimum absolute atomic E-state index is 0.00334. The minimum Gasteiger partial charge on any atom is -0.326 e. The van der Waals surface area contributed by atoms with Crippen molar-refractivity contribution in [2.24, 2.45) is 0 Å². The molecule has 2 aromatic carbocycles. The van der Waals surface area contributed by atoms with E-state index in [0.717, 1.165) is 17.7 Å². The Bertz CT molecular complexity index is 636. The van der Waals surface area contributed by atoms with Gasteiger partial charge in [-0.05, 0) is 36.6 Å². The second-order valence-electron chi connectivity index (χ2n) is 5.07. The first-order valence-electron chi connectivity index (χ1n) is 6.98. The highest BCUT2D eigenvalue weighted by atomic mass is 16.1. The van der Waals surface area contributed by atoms with Gasteiger partial charge in [0.05, 0.1) is 12.5 Å². The van der Waals surface area contributed by atoms with E-state index in [1.807, 2.05) is 31.2 Å². The van der Waals surface area contributed by atoms with Crippen molar-refractivity contribution in [3.8, 4) is 6.07 Å². The molecule has 2 aromatic rings. The third kappa shape index (κ3) is 4.77. The first kappa shape index (κ1) is 14.8. The molecule has 0 heterocycles. The lowest BCUT2D eigenvalue weighted by Crippen LogP contribution is -2.12. The van der Waals surface area contributed by atoms with Crippen molar-refractivity contribution in [1.29, 1.82) is 5.26 Å². The van der Waals surface area contributed by atoms with Gasteiger partial charge in [0.25, 0.3) is 0 Å². The van der Waals surface area contributed by atoms with Gasteiger partial charge in [0.2, 0.25) is 5.91 Å². The quantitative estimate of drug-likeness (QED) is 0.908. The van der Waals surface area contributed by atoms with Gasteiger partial charge in [-0.25, -0.2) is 0 Å². The van der Waals surface area contributed by atoms with E-state index in [-0.39, 0.29) is 5.91 Å². The van der Waals surface area contributed by atoms with Crippen LogP contribution >= 0.6 is 0 Å². The summed E-state index contributed by atoms with van der Waals surface area (Å²) in [6.07, 6.45) is 1.59. The molecule has 0 radical (unpaired) electrons. The Morgan fingerprint density at radius 1 is 1.05 bits per heavy atom. The number of hydrogen-bond acceptors (Lipinski definition) is 2. The number of nitrogens with zero attached hydrogens (tertiary/aromatic N) is 1. The fourth-order valence-electron chi connectivity index (χ4n) is 2.03. The van der Waals surface area contributed by atoms with Gasteiger partial charge in [-0.15, -0.1) is 0 Å². The molecule has 2 rings (SSSR count). The second-order valence-corrected chi connectivity index (χ2v) is 5.07. The molecule has 0 fully saturated rings. The number of anilines is 1. The van der Waals surface area contributed by atoms with E-state index in [4.69, 9.17) is 5.26 Å². The molecule has 1 N–H and O–H groups in total. The summed E-state index contributed by atoms with van der Waals surface area (Å²) in [6.45, 7) is 2.05. The number of aryl methyl sites for hydroxylation is 2. The Hall–Kier alpha value is -2.60. The van der Waals surface area contributed by atoms with Crippen LogP contribution in [0.25, 0.3) is 0 Å². The van der Waals surface area contributed by atoms with Crippen LogP contribution in [0.15, 0.2) is 48.5 Å². The molecule has 1 amide bonds. The number of carbonyl (C=O) groups is 1. The lowest BCUT2D eigenvalue weighted by atomic mass is 10.1. The highest BCUT2D eigenvalue weighted by molar-refractivity contribution is 5.90. The molecule has 0 atom stereocenters. The fraction of sp³-hybridized carbons (Fsp3) is 0.222. The minimum atomic E-state index is 0.00334. The molecular formula is C18H18N2O. The first-order chi connectivity index (χ1) is 10.2. The zero-order valence-corrected chi connectivity index (χ0v) is 12.1. The molecule has 0 aromatic heterocycles. The summed E-state index contributed by atoms with van der Waals surface area (Å²) < 4.78 is 0. The largest absolute Gasteiger partial charge is 0.326 e. The predicted molar refractivity (Wildman–Crippen MR) is 83.9 cm³/mol. The van der Waals surface area contributed by atoms with Gasteiger partial charge < -0.3 is 5.32 Å². The normalized spacial score (nSPS) is 9.90. The van der Waals surface area contributed by atoms with E-state index in [9.17, 15) is 4.79 Å². The van der Waals surface area contributed by atoms with Crippen LogP contribution in [-0.4, -0.2) is 5.91 Å². The van der Waals surface area contributed by atoms with Gasteiger partial charge >= 0.3 is 0 Å². The summed E-state index contributed by atoms with van der Waals surface area (Å²) in [4.78, 5) is 11.9. The molecule has 0 aliphatic heterocycles. The summed E-state index contributed by atoms with van der Waals surface area (Å²) >= 11 is 0. The molecule has 106 valence electrons. The molecule has 0 aliphatic carbocycles. The number of carbonyl (C=O) groups excluding carboxylic acids is 1. The second kappa shape index (κ2) is 7.25. The highest BCUT2D eigenvalue weighted by Gasteiger charge is 2.03. The van der Waals surface area contributed by atoms with Crippen molar-refractivity contribution in [2.45, 2.75) is 26.2 Å². The van der Waals surface area contributed by atoms with E-state index in [1.165, 1.54) is 11.1 Å². The zero-order chi connectivity index (χ0) is 15.1. The van der Waals surface area contributed by atoms with Crippen LogP contribution in [0.4, 0.5) is 5.69 Å². The third-order valence-corrected chi connectivity index (χ3v) is 3.28. The van der Waals surface area contributed by atoms with Crippen LogP contribution in [0, 0.1) is 18.3 Å². The van der Waals surface area contributed by atoms with Gasteiger partial charge in [0, 0.05) is 12.1 Å². The van der Waals surface area contributed by atoms with Gasteiger partial charge in [0.15, 0.2) is 0 Å². The standard InChI is InChI=1S/C18H18N2O/c1-14-2-4-15(5-3-14)8-11-18(21)20-17-9-6-16(7-10-17)12-13-19/h2-7,9-10H,8,11-12H2,1H3,(H,20,21). The average molecular weight is 278 g/mol. The SMILES string of the molecule is Cc1ccc(CCC(=O)Nc2ccc(CC#N)cc2)cc1. The maximum atomic E-state index is 11.9. The molecule has 3 heteroatoms. The Labute approximate surface area is 125 Å². The van der Waals surface area contributed by atoms with Crippen molar-refractivity contribution >= 4 is 11.6 Å². The van der Waals surface area contributed by atoms with Crippen LogP contribution < -0.4 is 5.32 Å². The molecule has 0 unspecified atom stereocenters. The van der Waals surface area contributed by atoms with E-state index >= 15 is 0 Å². The molecule has 0 saturated heterocycles. The number of rotatable bonds is 5. The average Bonchev–Trinajstić information content (AvgIpc) is 2.49. The van der Waals surface area contributed by atoms with Gasteiger partial charge in [-0.2, -0.15) is 5.26 Å². The summed E-state index contributed by atoms with van der Waals surface area (Å²) in [5, 5.41) is 11.5. The van der Waals surface area contributed by atoms with Crippen molar-refractivity contribution in [1.82, 2.24) is 0 Å². The molecule has 21 heavy (non-hydrogen) atoms. The first-order valence-corrected chi connectivity index (χ1v) is 6.98. The number of nitriles is 1. The molecular weight excluding hydrogens is 260 g/mol. The van der Waals surface area contributed by atoms with Crippen LogP contribution in [-0.2, 0) is 17.6 Å². The van der Waals surface area contributed by atoms with Crippen molar-refractivity contribution in [2.75, 3.05) is 5.32 Å². The number of benzene rings is 2. The molecule has 0 aliphatic rings. The monoisotopic (exact) mass is 278 g/mol. The summed E-state index contributed by atoms with van der Waals surface area (Å²) in [5.41, 5.74) is 4.11. The lowest BCUT2D eigenvalue weighted by Gasteiger charge is -2.06. The number of hydrogen-bond donors (Lipinski definition) is 1. The van der Waals surface area contributed by atoms with Crippen molar-refractivity contribution < 1.29 is 4.79 Å². The topological polar surface area (TPSA) is 52.9 Å². The van der Waals surface area contributed by atoms with Crippen LogP contribution in [0.2, 0.25) is 0 Å². The highest BCUT2D eigenvalue weighted by Crippen LogP contribution is 2.11. The Morgan fingerprint density at radius 2 is 1.67 bits per heavy atom. The Balaban J connectivity index is 1.84. The molecule has 0 saturated carbocycles. The fourth-order valence-corrected chi connectivity index (χ4v) is 2.03. The van der Waals surface area contributed by atoms with Crippen LogP contribution in [0.1, 0.15) is 23.1 Å². The van der Waals surface area contributed by atoms with Crippen molar-refractivity contribution in [3.05, 3.63) is 65.2 Å². The Morgan fingerprint density at radius 3 is 2.29 bits per heavy atom. The van der Waals surface area contributed by atoms with E-state index in [0.29, 0.717) is 12.8 Å². The summed E-state index contributed by atoms with van der Waals surface area (Å²) in [6, 6.07) is 17.7. The van der Waals surface area contributed by atoms with Crippen LogP contribution in [0.3, 0.4) is 0 Å². The maximum absolute atomic E-state index is 11.9. The van der Waals surface area contributed by atoms with Gasteiger partial charge in [0.1, 0.15) is 0 Å².